The van der Waals surface area contributed by atoms with Gasteiger partial charge in [0.2, 0.25) is 11.8 Å². The standard InChI is InChI=1S/C20H21N3O2S/c1-3-14-4-6-15(7-5-14)12-21-19(25)11-16-8-9-17-18(10-16)26-20(23-17)22-13(2)24/h4-10H,3,11-12H2,1-2H3,(H,21,25)(H,22,23,24). The van der Waals surface area contributed by atoms with Gasteiger partial charge in [-0.2, -0.15) is 0 Å². The molecule has 1 aromatic heterocycles. The number of aryl methyl sites for hydroxylation is 1. The van der Waals surface area contributed by atoms with Crippen molar-refractivity contribution in [2.45, 2.75) is 33.2 Å². The predicted molar refractivity (Wildman–Crippen MR) is 105 cm³/mol. The number of carbonyl (C=O) groups excluding carboxylic acids is 2. The Morgan fingerprint density at radius 1 is 1.04 bits per heavy atom. The van der Waals surface area contributed by atoms with E-state index < -0.39 is 0 Å². The molecule has 0 saturated heterocycles. The quantitative estimate of drug-likeness (QED) is 0.698. The van der Waals surface area contributed by atoms with Crippen molar-refractivity contribution in [3.05, 3.63) is 59.2 Å². The Morgan fingerprint density at radius 3 is 2.42 bits per heavy atom. The predicted octanol–water partition coefficient (Wildman–Crippen LogP) is 3.68. The molecular weight excluding hydrogens is 346 g/mol. The van der Waals surface area contributed by atoms with E-state index in [0.29, 0.717) is 18.1 Å². The summed E-state index contributed by atoms with van der Waals surface area (Å²) in [5.41, 5.74) is 4.12. The molecule has 0 spiro atoms. The molecule has 2 aromatic carbocycles. The van der Waals surface area contributed by atoms with Crippen molar-refractivity contribution in [2.75, 3.05) is 5.32 Å². The van der Waals surface area contributed by atoms with Crippen LogP contribution < -0.4 is 10.6 Å². The number of fused-ring (bicyclic) bond motifs is 1. The van der Waals surface area contributed by atoms with Crippen molar-refractivity contribution in [3.8, 4) is 0 Å². The molecular formula is C20H21N3O2S. The van der Waals surface area contributed by atoms with Gasteiger partial charge >= 0.3 is 0 Å². The molecule has 6 heteroatoms. The molecule has 134 valence electrons. The molecule has 0 aliphatic carbocycles. The third-order valence-corrected chi connectivity index (χ3v) is 4.95. The molecule has 2 N–H and O–H groups in total. The van der Waals surface area contributed by atoms with Gasteiger partial charge in [0.15, 0.2) is 5.13 Å². The number of thiazole rings is 1. The molecule has 0 saturated carbocycles. The molecule has 0 bridgehead atoms. The molecule has 5 nitrogen and oxygen atoms in total. The van der Waals surface area contributed by atoms with Crippen LogP contribution >= 0.6 is 11.3 Å². The van der Waals surface area contributed by atoms with Gasteiger partial charge in [-0.3, -0.25) is 9.59 Å². The molecule has 0 unspecified atom stereocenters. The summed E-state index contributed by atoms with van der Waals surface area (Å²) in [6.45, 7) is 4.10. The van der Waals surface area contributed by atoms with Crippen LogP contribution in [-0.2, 0) is 29.0 Å². The zero-order valence-electron chi connectivity index (χ0n) is 14.8. The number of rotatable bonds is 6. The molecule has 0 radical (unpaired) electrons. The van der Waals surface area contributed by atoms with Crippen LogP contribution in [0.1, 0.15) is 30.5 Å². The van der Waals surface area contributed by atoms with Crippen molar-refractivity contribution in [3.63, 3.8) is 0 Å². The molecule has 1 heterocycles. The summed E-state index contributed by atoms with van der Waals surface area (Å²) in [5.74, 6) is -0.161. The lowest BCUT2D eigenvalue weighted by molar-refractivity contribution is -0.120. The number of hydrogen-bond donors (Lipinski definition) is 2. The van der Waals surface area contributed by atoms with E-state index in [0.717, 1.165) is 27.8 Å². The van der Waals surface area contributed by atoms with Gasteiger partial charge in [0.05, 0.1) is 16.6 Å². The average Bonchev–Trinajstić information content (AvgIpc) is 3.01. The third-order valence-electron chi connectivity index (χ3n) is 4.02. The summed E-state index contributed by atoms with van der Waals surface area (Å²) in [4.78, 5) is 27.7. The Morgan fingerprint density at radius 2 is 1.73 bits per heavy atom. The SMILES string of the molecule is CCc1ccc(CNC(=O)Cc2ccc3nc(NC(C)=O)sc3c2)cc1. The molecule has 0 atom stereocenters. The fourth-order valence-corrected chi connectivity index (χ4v) is 3.60. The number of hydrogen-bond acceptors (Lipinski definition) is 4. The Hall–Kier alpha value is -2.73. The van der Waals surface area contributed by atoms with E-state index in [2.05, 4.69) is 34.7 Å². The molecule has 0 aliphatic heterocycles. The maximum Gasteiger partial charge on any atom is 0.224 e. The first-order valence-electron chi connectivity index (χ1n) is 8.55. The van der Waals surface area contributed by atoms with Crippen LogP contribution in [0.3, 0.4) is 0 Å². The van der Waals surface area contributed by atoms with Gasteiger partial charge in [0, 0.05) is 13.5 Å². The minimum absolute atomic E-state index is 0.0180. The van der Waals surface area contributed by atoms with Crippen LogP contribution in [0.2, 0.25) is 0 Å². The van der Waals surface area contributed by atoms with Crippen LogP contribution in [0.4, 0.5) is 5.13 Å². The largest absolute Gasteiger partial charge is 0.352 e. The normalized spacial score (nSPS) is 10.7. The van der Waals surface area contributed by atoms with Crippen molar-refractivity contribution >= 4 is 38.5 Å². The summed E-state index contributed by atoms with van der Waals surface area (Å²) in [5, 5.41) is 6.22. The van der Waals surface area contributed by atoms with E-state index >= 15 is 0 Å². The minimum Gasteiger partial charge on any atom is -0.352 e. The number of nitrogens with one attached hydrogen (secondary N) is 2. The van der Waals surface area contributed by atoms with Gasteiger partial charge in [-0.05, 0) is 35.2 Å². The lowest BCUT2D eigenvalue weighted by atomic mass is 10.1. The summed E-state index contributed by atoms with van der Waals surface area (Å²) in [6.07, 6.45) is 1.33. The van der Waals surface area contributed by atoms with E-state index in [1.54, 1.807) is 0 Å². The minimum atomic E-state index is -0.143. The van der Waals surface area contributed by atoms with Gasteiger partial charge in [-0.15, -0.1) is 0 Å². The lowest BCUT2D eigenvalue weighted by Crippen LogP contribution is -2.24. The zero-order chi connectivity index (χ0) is 18.5. The maximum absolute atomic E-state index is 12.2. The first kappa shape index (κ1) is 18.1. The fraction of sp³-hybridized carbons (Fsp3) is 0.250. The maximum atomic E-state index is 12.2. The Kier molecular flexibility index (Phi) is 5.63. The van der Waals surface area contributed by atoms with Gasteiger partial charge in [-0.1, -0.05) is 48.6 Å². The first-order chi connectivity index (χ1) is 12.5. The van der Waals surface area contributed by atoms with Crippen LogP contribution in [0.25, 0.3) is 10.2 Å². The second kappa shape index (κ2) is 8.10. The first-order valence-corrected chi connectivity index (χ1v) is 9.36. The average molecular weight is 367 g/mol. The van der Waals surface area contributed by atoms with Gasteiger partial charge in [0.25, 0.3) is 0 Å². The van der Waals surface area contributed by atoms with Crippen LogP contribution in [0.15, 0.2) is 42.5 Å². The highest BCUT2D eigenvalue weighted by Gasteiger charge is 2.08. The van der Waals surface area contributed by atoms with Gasteiger partial charge in [0.1, 0.15) is 0 Å². The van der Waals surface area contributed by atoms with E-state index in [1.807, 2.05) is 30.3 Å². The molecule has 26 heavy (non-hydrogen) atoms. The summed E-state index contributed by atoms with van der Waals surface area (Å²) < 4.78 is 0.953. The van der Waals surface area contributed by atoms with Gasteiger partial charge < -0.3 is 10.6 Å². The third kappa shape index (κ3) is 4.67. The highest BCUT2D eigenvalue weighted by Crippen LogP contribution is 2.26. The highest BCUT2D eigenvalue weighted by atomic mass is 32.1. The van der Waals surface area contributed by atoms with Crippen LogP contribution in [0.5, 0.6) is 0 Å². The number of benzene rings is 2. The second-order valence-electron chi connectivity index (χ2n) is 6.13. The summed E-state index contributed by atoms with van der Waals surface area (Å²) in [6, 6.07) is 14.0. The number of aromatic nitrogens is 1. The number of amides is 2. The molecule has 3 rings (SSSR count). The monoisotopic (exact) mass is 367 g/mol. The summed E-state index contributed by atoms with van der Waals surface area (Å²) in [7, 11) is 0. The van der Waals surface area contributed by atoms with E-state index in [1.165, 1.54) is 23.8 Å². The molecule has 0 aliphatic rings. The van der Waals surface area contributed by atoms with Crippen molar-refractivity contribution in [1.29, 1.82) is 0 Å². The van der Waals surface area contributed by atoms with Crippen molar-refractivity contribution in [1.82, 2.24) is 10.3 Å². The van der Waals surface area contributed by atoms with E-state index in [9.17, 15) is 9.59 Å². The van der Waals surface area contributed by atoms with Crippen LogP contribution in [0, 0.1) is 0 Å². The van der Waals surface area contributed by atoms with Gasteiger partial charge in [-0.25, -0.2) is 4.98 Å². The van der Waals surface area contributed by atoms with E-state index in [4.69, 9.17) is 0 Å². The van der Waals surface area contributed by atoms with Crippen molar-refractivity contribution in [2.24, 2.45) is 0 Å². The smallest absolute Gasteiger partial charge is 0.224 e. The Bertz CT molecular complexity index is 932. The number of nitrogens with zero attached hydrogens (tertiary/aromatic N) is 1. The number of carbonyl (C=O) groups is 2. The summed E-state index contributed by atoms with van der Waals surface area (Å²) >= 11 is 1.41. The molecule has 0 fully saturated rings. The zero-order valence-corrected chi connectivity index (χ0v) is 15.7. The fourth-order valence-electron chi connectivity index (χ4n) is 2.62. The second-order valence-corrected chi connectivity index (χ2v) is 7.16. The number of anilines is 1. The highest BCUT2D eigenvalue weighted by molar-refractivity contribution is 7.22. The Balaban J connectivity index is 1.60. The van der Waals surface area contributed by atoms with E-state index in [-0.39, 0.29) is 11.8 Å². The molecule has 2 amide bonds. The molecule has 3 aromatic rings. The van der Waals surface area contributed by atoms with Crippen molar-refractivity contribution < 1.29 is 9.59 Å². The van der Waals surface area contributed by atoms with Crippen LogP contribution in [-0.4, -0.2) is 16.8 Å². The Labute approximate surface area is 156 Å². The lowest BCUT2D eigenvalue weighted by Gasteiger charge is -2.06. The topological polar surface area (TPSA) is 71.1 Å².